The number of ketones is 1. The normalized spacial score (nSPS) is 12.1. The van der Waals surface area contributed by atoms with Gasteiger partial charge in [-0.1, -0.05) is 50.1 Å². The van der Waals surface area contributed by atoms with Gasteiger partial charge in [-0.25, -0.2) is 4.98 Å². The summed E-state index contributed by atoms with van der Waals surface area (Å²) >= 11 is 0. The van der Waals surface area contributed by atoms with Gasteiger partial charge >= 0.3 is 0 Å². The maximum atomic E-state index is 12.4. The Morgan fingerprint density at radius 1 is 1.10 bits per heavy atom. The molecule has 0 radical (unpaired) electrons. The number of rotatable bonds is 13. The van der Waals surface area contributed by atoms with Crippen molar-refractivity contribution >= 4 is 11.7 Å². The van der Waals surface area contributed by atoms with E-state index in [4.69, 9.17) is 4.42 Å². The van der Waals surface area contributed by atoms with Crippen molar-refractivity contribution in [1.29, 1.82) is 0 Å². The number of carbonyl (C=O) groups excluding carboxylic acids is 2. The van der Waals surface area contributed by atoms with Crippen LogP contribution in [0.1, 0.15) is 63.8 Å². The van der Waals surface area contributed by atoms with Gasteiger partial charge in [0.15, 0.2) is 5.76 Å². The van der Waals surface area contributed by atoms with Crippen LogP contribution in [0.15, 0.2) is 40.9 Å². The largest absolute Gasteiger partial charge is 0.438 e. The first-order chi connectivity index (χ1) is 14.0. The number of amides is 1. The van der Waals surface area contributed by atoms with Crippen LogP contribution in [-0.4, -0.2) is 42.2 Å². The lowest BCUT2D eigenvalue weighted by atomic mass is 10.0. The van der Waals surface area contributed by atoms with Crippen molar-refractivity contribution in [3.63, 3.8) is 0 Å². The minimum absolute atomic E-state index is 0.00989. The van der Waals surface area contributed by atoms with Crippen molar-refractivity contribution in [2.75, 3.05) is 20.6 Å². The lowest BCUT2D eigenvalue weighted by molar-refractivity contribution is -0.122. The second kappa shape index (κ2) is 12.2. The van der Waals surface area contributed by atoms with Crippen molar-refractivity contribution in [3.05, 3.63) is 42.4 Å². The number of aromatic nitrogens is 1. The average molecular weight is 400 g/mol. The molecule has 1 aromatic carbocycles. The quantitative estimate of drug-likeness (QED) is 0.506. The van der Waals surface area contributed by atoms with E-state index in [1.165, 1.54) is 0 Å². The van der Waals surface area contributed by atoms with Crippen LogP contribution in [0.3, 0.4) is 0 Å². The van der Waals surface area contributed by atoms with E-state index in [9.17, 15) is 9.59 Å². The van der Waals surface area contributed by atoms with Crippen LogP contribution in [0.5, 0.6) is 0 Å². The number of unbranched alkanes of at least 4 members (excludes halogenated alkanes) is 2. The van der Waals surface area contributed by atoms with Crippen molar-refractivity contribution in [3.8, 4) is 11.3 Å². The summed E-state index contributed by atoms with van der Waals surface area (Å²) in [5, 5.41) is 3.08. The second-order valence-corrected chi connectivity index (χ2v) is 7.59. The summed E-state index contributed by atoms with van der Waals surface area (Å²) in [6.45, 7) is 2.59. The van der Waals surface area contributed by atoms with Crippen LogP contribution in [-0.2, 0) is 9.59 Å². The van der Waals surface area contributed by atoms with E-state index in [1.54, 1.807) is 6.20 Å². The lowest BCUT2D eigenvalue weighted by Gasteiger charge is -2.17. The maximum absolute atomic E-state index is 12.4. The topological polar surface area (TPSA) is 75.4 Å². The Bertz CT molecular complexity index is 756. The minimum atomic E-state index is -0.260. The van der Waals surface area contributed by atoms with Gasteiger partial charge in [0.05, 0.1) is 6.20 Å². The Morgan fingerprint density at radius 3 is 2.55 bits per heavy atom. The molecule has 0 saturated carbocycles. The number of hydrogen-bond acceptors (Lipinski definition) is 5. The molecule has 1 amide bonds. The molecule has 0 spiro atoms. The monoisotopic (exact) mass is 399 g/mol. The van der Waals surface area contributed by atoms with Gasteiger partial charge in [-0.15, -0.1) is 0 Å². The Labute approximate surface area is 173 Å². The van der Waals surface area contributed by atoms with Gasteiger partial charge in [0, 0.05) is 31.4 Å². The molecule has 0 aliphatic rings. The summed E-state index contributed by atoms with van der Waals surface area (Å²) in [5.74, 6) is 1.52. The van der Waals surface area contributed by atoms with Gasteiger partial charge in [0.1, 0.15) is 11.8 Å². The zero-order chi connectivity index (χ0) is 21.1. The molecular weight excluding hydrogens is 366 g/mol. The summed E-state index contributed by atoms with van der Waals surface area (Å²) in [7, 11) is 3.89. The molecule has 2 rings (SSSR count). The fraction of sp³-hybridized carbons (Fsp3) is 0.522. The molecule has 6 heteroatoms. The van der Waals surface area contributed by atoms with Crippen LogP contribution in [0.25, 0.3) is 11.3 Å². The molecule has 6 nitrogen and oxygen atoms in total. The first-order valence-electron chi connectivity index (χ1n) is 10.5. The second-order valence-electron chi connectivity index (χ2n) is 7.59. The molecule has 2 aromatic rings. The van der Waals surface area contributed by atoms with Crippen LogP contribution < -0.4 is 5.32 Å². The van der Waals surface area contributed by atoms with E-state index in [-0.39, 0.29) is 11.9 Å². The van der Waals surface area contributed by atoms with Gasteiger partial charge in [-0.05, 0) is 26.9 Å². The summed E-state index contributed by atoms with van der Waals surface area (Å²) in [6, 6.07) is 9.55. The summed E-state index contributed by atoms with van der Waals surface area (Å²) in [4.78, 5) is 30.2. The number of Topliss-reactive ketones (excluding diaryl/α,β-unsaturated/α-hetero) is 1. The van der Waals surface area contributed by atoms with Crippen molar-refractivity contribution < 1.29 is 14.0 Å². The van der Waals surface area contributed by atoms with Gasteiger partial charge in [0.25, 0.3) is 0 Å². The van der Waals surface area contributed by atoms with E-state index < -0.39 is 0 Å². The molecule has 1 atom stereocenters. The standard InChI is InChI=1S/C23H33N3O3/c1-4-19(27)13-9-6-10-14-20(25-22(28)15-16-26(2)3)23-24-17-21(29-23)18-11-7-5-8-12-18/h5,7-8,11-12,17,20H,4,6,9-10,13-16H2,1-3H3,(H,25,28)/t20-/m0/s1. The Kier molecular flexibility index (Phi) is 9.57. The van der Waals surface area contributed by atoms with E-state index in [1.807, 2.05) is 56.3 Å². The zero-order valence-corrected chi connectivity index (χ0v) is 17.8. The van der Waals surface area contributed by atoms with Crippen LogP contribution in [0, 0.1) is 0 Å². The highest BCUT2D eigenvalue weighted by Crippen LogP contribution is 2.26. The predicted octanol–water partition coefficient (Wildman–Crippen LogP) is 4.38. The number of nitrogens with one attached hydrogen (secondary N) is 1. The molecule has 0 fully saturated rings. The predicted molar refractivity (Wildman–Crippen MR) is 114 cm³/mol. The van der Waals surface area contributed by atoms with Crippen molar-refractivity contribution in [2.24, 2.45) is 0 Å². The Morgan fingerprint density at radius 2 is 1.86 bits per heavy atom. The smallest absolute Gasteiger partial charge is 0.221 e. The van der Waals surface area contributed by atoms with E-state index in [0.29, 0.717) is 43.2 Å². The fourth-order valence-electron chi connectivity index (χ4n) is 3.06. The SMILES string of the molecule is CCC(=O)CCCCC[C@H](NC(=O)CCN(C)C)c1ncc(-c2ccccc2)o1. The van der Waals surface area contributed by atoms with Crippen LogP contribution >= 0.6 is 0 Å². The number of hydrogen-bond donors (Lipinski definition) is 1. The maximum Gasteiger partial charge on any atom is 0.221 e. The molecule has 1 heterocycles. The van der Waals surface area contributed by atoms with Crippen LogP contribution in [0.4, 0.5) is 0 Å². The molecule has 0 bridgehead atoms. The molecule has 158 valence electrons. The Hall–Kier alpha value is -2.47. The van der Waals surface area contributed by atoms with Crippen molar-refractivity contribution in [1.82, 2.24) is 15.2 Å². The van der Waals surface area contributed by atoms with Gasteiger partial charge < -0.3 is 14.6 Å². The molecule has 1 aromatic heterocycles. The highest BCUT2D eigenvalue weighted by molar-refractivity contribution is 5.78. The molecule has 0 saturated heterocycles. The first-order valence-corrected chi connectivity index (χ1v) is 10.5. The average Bonchev–Trinajstić information content (AvgIpc) is 3.21. The number of benzene rings is 1. The highest BCUT2D eigenvalue weighted by Gasteiger charge is 2.20. The van der Waals surface area contributed by atoms with Crippen LogP contribution in [0.2, 0.25) is 0 Å². The molecule has 29 heavy (non-hydrogen) atoms. The van der Waals surface area contributed by atoms with Gasteiger partial charge in [0.2, 0.25) is 11.8 Å². The van der Waals surface area contributed by atoms with E-state index in [0.717, 1.165) is 31.2 Å². The summed E-state index contributed by atoms with van der Waals surface area (Å²) in [6.07, 6.45) is 6.85. The molecular formula is C23H33N3O3. The lowest BCUT2D eigenvalue weighted by Crippen LogP contribution is -2.31. The minimum Gasteiger partial charge on any atom is -0.438 e. The van der Waals surface area contributed by atoms with E-state index >= 15 is 0 Å². The molecule has 0 aliphatic heterocycles. The molecule has 1 N–H and O–H groups in total. The summed E-state index contributed by atoms with van der Waals surface area (Å²) in [5.41, 5.74) is 0.960. The Balaban J connectivity index is 1.99. The number of carbonyl (C=O) groups is 2. The zero-order valence-electron chi connectivity index (χ0n) is 17.8. The van der Waals surface area contributed by atoms with Gasteiger partial charge in [-0.2, -0.15) is 0 Å². The third kappa shape index (κ3) is 8.20. The summed E-state index contributed by atoms with van der Waals surface area (Å²) < 4.78 is 5.98. The highest BCUT2D eigenvalue weighted by atomic mass is 16.4. The number of oxazole rings is 1. The third-order valence-corrected chi connectivity index (χ3v) is 4.84. The van der Waals surface area contributed by atoms with Gasteiger partial charge in [-0.3, -0.25) is 9.59 Å². The van der Waals surface area contributed by atoms with Crippen molar-refractivity contribution in [2.45, 2.75) is 57.9 Å². The first kappa shape index (κ1) is 22.8. The fourth-order valence-corrected chi connectivity index (χ4v) is 3.06. The third-order valence-electron chi connectivity index (χ3n) is 4.84. The van der Waals surface area contributed by atoms with E-state index in [2.05, 4.69) is 10.3 Å². The molecule has 0 unspecified atom stereocenters. The molecule has 0 aliphatic carbocycles. The number of nitrogens with zero attached hydrogens (tertiary/aromatic N) is 2.